The lowest BCUT2D eigenvalue weighted by Gasteiger charge is -2.14. The van der Waals surface area contributed by atoms with Crippen molar-refractivity contribution in [3.05, 3.63) is 29.8 Å². The number of benzene rings is 1. The van der Waals surface area contributed by atoms with Gasteiger partial charge in [0.25, 0.3) is 0 Å². The van der Waals surface area contributed by atoms with E-state index in [1.807, 2.05) is 19.9 Å². The minimum Gasteiger partial charge on any atom is -0.491 e. The molecule has 108 valence electrons. The molecule has 1 unspecified atom stereocenters. The number of nitrogens with two attached hydrogens (primary N) is 1. The number of hydrogen-bond donors (Lipinski definition) is 3. The smallest absolute Gasteiger partial charge is 0.233 e. The van der Waals surface area contributed by atoms with Gasteiger partial charge < -0.3 is 20.9 Å². The number of ether oxygens (including phenoxy) is 1. The highest BCUT2D eigenvalue weighted by molar-refractivity contribution is 5.85. The standard InChI is InChI=1S/C13H20N2O3.ClH/c1-9(2)18-11-5-3-4-10(6-11)12(16)8-15-13(17)7-14;/h3-6,9,12,16H,7-8,14H2,1-2H3,(H,15,17);1H. The molecule has 0 aliphatic heterocycles. The molecular formula is C13H21ClN2O3. The second kappa shape index (κ2) is 8.74. The van der Waals surface area contributed by atoms with Crippen molar-refractivity contribution in [2.75, 3.05) is 13.1 Å². The highest BCUT2D eigenvalue weighted by Gasteiger charge is 2.10. The van der Waals surface area contributed by atoms with Gasteiger partial charge in [0, 0.05) is 6.54 Å². The molecule has 0 aromatic heterocycles. The summed E-state index contributed by atoms with van der Waals surface area (Å²) in [5, 5.41) is 12.4. The Morgan fingerprint density at radius 3 is 2.74 bits per heavy atom. The van der Waals surface area contributed by atoms with Gasteiger partial charge in [-0.05, 0) is 31.5 Å². The number of carbonyl (C=O) groups excluding carboxylic acids is 1. The molecule has 0 saturated heterocycles. The Labute approximate surface area is 119 Å². The SMILES string of the molecule is CC(C)Oc1cccc(C(O)CNC(=O)CN)c1.Cl. The van der Waals surface area contributed by atoms with Crippen molar-refractivity contribution in [3.8, 4) is 5.75 Å². The Kier molecular flexibility index (Phi) is 8.14. The first-order valence-electron chi connectivity index (χ1n) is 5.94. The molecule has 1 aromatic carbocycles. The van der Waals surface area contributed by atoms with Crippen LogP contribution in [0.4, 0.5) is 0 Å². The third kappa shape index (κ3) is 6.42. The van der Waals surface area contributed by atoms with E-state index in [9.17, 15) is 9.90 Å². The van der Waals surface area contributed by atoms with E-state index in [-0.39, 0.29) is 37.5 Å². The zero-order chi connectivity index (χ0) is 13.5. The van der Waals surface area contributed by atoms with E-state index in [1.165, 1.54) is 0 Å². The molecule has 0 heterocycles. The van der Waals surface area contributed by atoms with Crippen LogP contribution < -0.4 is 15.8 Å². The number of aliphatic hydroxyl groups excluding tert-OH is 1. The highest BCUT2D eigenvalue weighted by atomic mass is 35.5. The van der Waals surface area contributed by atoms with Gasteiger partial charge in [-0.2, -0.15) is 0 Å². The van der Waals surface area contributed by atoms with Gasteiger partial charge in [0.2, 0.25) is 5.91 Å². The average Bonchev–Trinajstić information content (AvgIpc) is 2.35. The summed E-state index contributed by atoms with van der Waals surface area (Å²) in [5.41, 5.74) is 5.86. The largest absolute Gasteiger partial charge is 0.491 e. The maximum absolute atomic E-state index is 11.0. The lowest BCUT2D eigenvalue weighted by atomic mass is 10.1. The predicted molar refractivity (Wildman–Crippen MR) is 76.5 cm³/mol. The third-order valence-corrected chi connectivity index (χ3v) is 2.29. The van der Waals surface area contributed by atoms with Gasteiger partial charge in [-0.1, -0.05) is 12.1 Å². The van der Waals surface area contributed by atoms with E-state index in [4.69, 9.17) is 10.5 Å². The minimum absolute atomic E-state index is 0. The van der Waals surface area contributed by atoms with Crippen LogP contribution in [0.15, 0.2) is 24.3 Å². The molecule has 0 spiro atoms. The molecular weight excluding hydrogens is 268 g/mol. The van der Waals surface area contributed by atoms with Gasteiger partial charge >= 0.3 is 0 Å². The fraction of sp³-hybridized carbons (Fsp3) is 0.462. The van der Waals surface area contributed by atoms with Gasteiger partial charge in [0.05, 0.1) is 18.8 Å². The van der Waals surface area contributed by atoms with Crippen molar-refractivity contribution in [2.45, 2.75) is 26.1 Å². The topological polar surface area (TPSA) is 84.6 Å². The van der Waals surface area contributed by atoms with Gasteiger partial charge in [0.15, 0.2) is 0 Å². The van der Waals surface area contributed by atoms with Crippen LogP contribution in [-0.2, 0) is 4.79 Å². The molecule has 1 rings (SSSR count). The Morgan fingerprint density at radius 1 is 1.47 bits per heavy atom. The molecule has 0 fully saturated rings. The van der Waals surface area contributed by atoms with E-state index >= 15 is 0 Å². The normalized spacial score (nSPS) is 11.6. The van der Waals surface area contributed by atoms with Crippen LogP contribution in [0.3, 0.4) is 0 Å². The fourth-order valence-electron chi connectivity index (χ4n) is 1.47. The van der Waals surface area contributed by atoms with E-state index < -0.39 is 6.10 Å². The molecule has 1 aromatic rings. The van der Waals surface area contributed by atoms with Crippen molar-refractivity contribution in [2.24, 2.45) is 5.73 Å². The Morgan fingerprint density at radius 2 is 2.16 bits per heavy atom. The van der Waals surface area contributed by atoms with Crippen molar-refractivity contribution >= 4 is 18.3 Å². The molecule has 4 N–H and O–H groups in total. The van der Waals surface area contributed by atoms with Crippen molar-refractivity contribution in [3.63, 3.8) is 0 Å². The van der Waals surface area contributed by atoms with Crippen molar-refractivity contribution < 1.29 is 14.6 Å². The second-order valence-electron chi connectivity index (χ2n) is 4.26. The van der Waals surface area contributed by atoms with E-state index in [0.29, 0.717) is 11.3 Å². The van der Waals surface area contributed by atoms with Crippen LogP contribution in [0, 0.1) is 0 Å². The van der Waals surface area contributed by atoms with E-state index in [1.54, 1.807) is 18.2 Å². The van der Waals surface area contributed by atoms with Gasteiger partial charge in [-0.3, -0.25) is 4.79 Å². The van der Waals surface area contributed by atoms with Crippen LogP contribution >= 0.6 is 12.4 Å². The summed E-state index contributed by atoms with van der Waals surface area (Å²) in [7, 11) is 0. The summed E-state index contributed by atoms with van der Waals surface area (Å²) in [6.07, 6.45) is -0.689. The molecule has 5 nitrogen and oxygen atoms in total. The summed E-state index contributed by atoms with van der Waals surface area (Å²) < 4.78 is 5.53. The summed E-state index contributed by atoms with van der Waals surface area (Å²) in [5.74, 6) is 0.412. The summed E-state index contributed by atoms with van der Waals surface area (Å²) in [6, 6.07) is 7.18. The van der Waals surface area contributed by atoms with Gasteiger partial charge in [-0.25, -0.2) is 0 Å². The molecule has 0 saturated carbocycles. The summed E-state index contributed by atoms with van der Waals surface area (Å²) in [6.45, 7) is 3.93. The number of rotatable bonds is 6. The maximum atomic E-state index is 11.0. The lowest BCUT2D eigenvalue weighted by Crippen LogP contribution is -2.33. The molecule has 0 aliphatic carbocycles. The average molecular weight is 289 g/mol. The van der Waals surface area contributed by atoms with Crippen molar-refractivity contribution in [1.29, 1.82) is 0 Å². The quantitative estimate of drug-likeness (QED) is 0.729. The molecule has 1 amide bonds. The molecule has 0 radical (unpaired) electrons. The number of carbonyl (C=O) groups is 1. The van der Waals surface area contributed by atoms with Crippen LogP contribution in [0.2, 0.25) is 0 Å². The van der Waals surface area contributed by atoms with Crippen LogP contribution in [0.25, 0.3) is 0 Å². The Bertz CT molecular complexity index is 399. The van der Waals surface area contributed by atoms with Gasteiger partial charge in [-0.15, -0.1) is 12.4 Å². The molecule has 6 heteroatoms. The van der Waals surface area contributed by atoms with Crippen LogP contribution in [-0.4, -0.2) is 30.2 Å². The van der Waals surface area contributed by atoms with Crippen LogP contribution in [0.1, 0.15) is 25.5 Å². The number of hydrogen-bond acceptors (Lipinski definition) is 4. The first kappa shape index (κ1) is 17.7. The zero-order valence-corrected chi connectivity index (χ0v) is 11.9. The monoisotopic (exact) mass is 288 g/mol. The van der Waals surface area contributed by atoms with E-state index in [2.05, 4.69) is 5.32 Å². The second-order valence-corrected chi connectivity index (χ2v) is 4.26. The maximum Gasteiger partial charge on any atom is 0.233 e. The molecule has 19 heavy (non-hydrogen) atoms. The number of halogens is 1. The Hall–Kier alpha value is -1.30. The molecule has 1 atom stereocenters. The highest BCUT2D eigenvalue weighted by Crippen LogP contribution is 2.19. The summed E-state index contributed by atoms with van der Waals surface area (Å²) >= 11 is 0. The van der Waals surface area contributed by atoms with Gasteiger partial charge in [0.1, 0.15) is 5.75 Å². The Balaban J connectivity index is 0.00000324. The van der Waals surface area contributed by atoms with E-state index in [0.717, 1.165) is 0 Å². The predicted octanol–water partition coefficient (Wildman–Crippen LogP) is 1.00. The first-order valence-corrected chi connectivity index (χ1v) is 5.94. The first-order chi connectivity index (χ1) is 8.52. The third-order valence-electron chi connectivity index (χ3n) is 2.29. The van der Waals surface area contributed by atoms with Crippen LogP contribution in [0.5, 0.6) is 5.75 Å². The molecule has 0 bridgehead atoms. The summed E-state index contributed by atoms with van der Waals surface area (Å²) in [4.78, 5) is 11.0. The number of nitrogens with one attached hydrogen (secondary N) is 1. The lowest BCUT2D eigenvalue weighted by molar-refractivity contribution is -0.120. The fourth-order valence-corrected chi connectivity index (χ4v) is 1.47. The number of amides is 1. The zero-order valence-electron chi connectivity index (χ0n) is 11.1. The minimum atomic E-state index is -0.767. The molecule has 0 aliphatic rings. The van der Waals surface area contributed by atoms with Crippen molar-refractivity contribution in [1.82, 2.24) is 5.32 Å². The number of aliphatic hydroxyl groups is 1.